The molecule has 0 aliphatic carbocycles. The van der Waals surface area contributed by atoms with E-state index >= 15 is 0 Å². The summed E-state index contributed by atoms with van der Waals surface area (Å²) in [6, 6.07) is 3.12. The smallest absolute Gasteiger partial charge is 0.181 e. The third kappa shape index (κ3) is 2.44. The minimum atomic E-state index is -0.138. The molecule has 4 nitrogen and oxygen atoms in total. The summed E-state index contributed by atoms with van der Waals surface area (Å²) in [6.45, 7) is 0.876. The van der Waals surface area contributed by atoms with E-state index in [4.69, 9.17) is 21.1 Å². The second-order valence-corrected chi connectivity index (χ2v) is 4.61. The maximum Gasteiger partial charge on any atom is 0.181 e. The zero-order valence-electron chi connectivity index (χ0n) is 10.5. The van der Waals surface area contributed by atoms with Crippen molar-refractivity contribution in [2.45, 2.75) is 18.9 Å². The van der Waals surface area contributed by atoms with Gasteiger partial charge in [0.05, 0.1) is 25.3 Å². The largest absolute Gasteiger partial charge is 0.493 e. The number of hydrogen-bond donors (Lipinski definition) is 1. The van der Waals surface area contributed by atoms with E-state index in [0.29, 0.717) is 22.1 Å². The highest BCUT2D eigenvalue weighted by molar-refractivity contribution is 6.34. The molecule has 1 atom stereocenters. The molecule has 1 saturated heterocycles. The lowest BCUT2D eigenvalue weighted by molar-refractivity contribution is 0.0952. The lowest BCUT2D eigenvalue weighted by Gasteiger charge is -2.14. The summed E-state index contributed by atoms with van der Waals surface area (Å²) in [6.07, 6.45) is 1.87. The van der Waals surface area contributed by atoms with E-state index < -0.39 is 0 Å². The third-order valence-electron chi connectivity index (χ3n) is 3.12. The number of nitrogens with one attached hydrogen (secondary N) is 1. The van der Waals surface area contributed by atoms with Gasteiger partial charge in [-0.25, -0.2) is 0 Å². The van der Waals surface area contributed by atoms with Crippen LogP contribution in [0.4, 0.5) is 0 Å². The fourth-order valence-electron chi connectivity index (χ4n) is 2.14. The van der Waals surface area contributed by atoms with Gasteiger partial charge in [0.1, 0.15) is 0 Å². The van der Waals surface area contributed by atoms with Gasteiger partial charge in [0, 0.05) is 11.6 Å². The highest BCUT2D eigenvalue weighted by Crippen LogP contribution is 2.34. The topological polar surface area (TPSA) is 47.6 Å². The molecule has 1 heterocycles. The van der Waals surface area contributed by atoms with E-state index in [2.05, 4.69) is 5.32 Å². The van der Waals surface area contributed by atoms with Crippen LogP contribution in [-0.2, 0) is 0 Å². The lowest BCUT2D eigenvalue weighted by Crippen LogP contribution is -2.30. The number of methoxy groups -OCH3 is 2. The average Bonchev–Trinajstić information content (AvgIpc) is 2.91. The van der Waals surface area contributed by atoms with Gasteiger partial charge in [-0.2, -0.15) is 0 Å². The van der Waals surface area contributed by atoms with Crippen LogP contribution in [0, 0.1) is 0 Å². The molecule has 5 heteroatoms. The molecule has 1 aliphatic heterocycles. The quantitative estimate of drug-likeness (QED) is 0.852. The standard InChI is InChI=1S/C13H16ClNO3/c1-17-11-6-8(9(14)7-12(11)18-2)13(16)10-4-3-5-15-10/h6-7,10,15H,3-5H2,1-2H3. The van der Waals surface area contributed by atoms with Crippen molar-refractivity contribution in [1.82, 2.24) is 5.32 Å². The Morgan fingerprint density at radius 3 is 2.56 bits per heavy atom. The maximum atomic E-state index is 12.3. The monoisotopic (exact) mass is 269 g/mol. The number of Topliss-reactive ketones (excluding diaryl/α,β-unsaturated/α-hetero) is 1. The van der Waals surface area contributed by atoms with Gasteiger partial charge in [0.2, 0.25) is 0 Å². The van der Waals surface area contributed by atoms with Crippen LogP contribution >= 0.6 is 11.6 Å². The molecule has 18 heavy (non-hydrogen) atoms. The van der Waals surface area contributed by atoms with Crippen molar-refractivity contribution < 1.29 is 14.3 Å². The van der Waals surface area contributed by atoms with Crippen LogP contribution in [0.1, 0.15) is 23.2 Å². The van der Waals surface area contributed by atoms with Gasteiger partial charge < -0.3 is 14.8 Å². The zero-order valence-corrected chi connectivity index (χ0v) is 11.2. The van der Waals surface area contributed by atoms with Crippen LogP contribution in [-0.4, -0.2) is 32.6 Å². The van der Waals surface area contributed by atoms with Gasteiger partial charge >= 0.3 is 0 Å². The van der Waals surface area contributed by atoms with Crippen molar-refractivity contribution in [3.05, 3.63) is 22.7 Å². The first kappa shape index (κ1) is 13.2. The summed E-state index contributed by atoms with van der Waals surface area (Å²) in [5.74, 6) is 1.06. The van der Waals surface area contributed by atoms with Crippen molar-refractivity contribution in [3.63, 3.8) is 0 Å². The number of rotatable bonds is 4. The predicted octanol–water partition coefficient (Wildman–Crippen LogP) is 2.29. The maximum absolute atomic E-state index is 12.3. The van der Waals surface area contributed by atoms with Gasteiger partial charge in [-0.05, 0) is 25.5 Å². The minimum Gasteiger partial charge on any atom is -0.493 e. The van der Waals surface area contributed by atoms with Crippen molar-refractivity contribution in [3.8, 4) is 11.5 Å². The second-order valence-electron chi connectivity index (χ2n) is 4.20. The van der Waals surface area contributed by atoms with E-state index in [1.165, 1.54) is 14.2 Å². The number of ether oxygens (including phenoxy) is 2. The first-order valence-corrected chi connectivity index (χ1v) is 6.24. The molecular weight excluding hydrogens is 254 g/mol. The Morgan fingerprint density at radius 2 is 2.00 bits per heavy atom. The van der Waals surface area contributed by atoms with Gasteiger partial charge in [-0.3, -0.25) is 4.79 Å². The Hall–Kier alpha value is -1.26. The summed E-state index contributed by atoms with van der Waals surface area (Å²) < 4.78 is 10.3. The Morgan fingerprint density at radius 1 is 1.33 bits per heavy atom. The fourth-order valence-corrected chi connectivity index (χ4v) is 2.39. The SMILES string of the molecule is COc1cc(Cl)c(C(=O)C2CCCN2)cc1OC. The fraction of sp³-hybridized carbons (Fsp3) is 0.462. The average molecular weight is 270 g/mol. The summed E-state index contributed by atoms with van der Waals surface area (Å²) in [5.41, 5.74) is 0.480. The summed E-state index contributed by atoms with van der Waals surface area (Å²) in [4.78, 5) is 12.3. The molecule has 1 N–H and O–H groups in total. The van der Waals surface area contributed by atoms with Crippen LogP contribution < -0.4 is 14.8 Å². The normalized spacial score (nSPS) is 18.7. The van der Waals surface area contributed by atoms with Gasteiger partial charge in [-0.15, -0.1) is 0 Å². The third-order valence-corrected chi connectivity index (χ3v) is 3.43. The summed E-state index contributed by atoms with van der Waals surface area (Å²) >= 11 is 6.13. The molecule has 0 spiro atoms. The van der Waals surface area contributed by atoms with E-state index in [-0.39, 0.29) is 11.8 Å². The zero-order chi connectivity index (χ0) is 13.1. The Bertz CT molecular complexity index is 456. The molecule has 1 aliphatic rings. The van der Waals surface area contributed by atoms with E-state index in [1.54, 1.807) is 12.1 Å². The Labute approximate surface area is 111 Å². The molecule has 0 radical (unpaired) electrons. The lowest BCUT2D eigenvalue weighted by atomic mass is 10.0. The molecule has 0 aromatic heterocycles. The van der Waals surface area contributed by atoms with Gasteiger partial charge in [0.15, 0.2) is 17.3 Å². The minimum absolute atomic E-state index is 0.0125. The summed E-state index contributed by atoms with van der Waals surface area (Å²) in [5, 5.41) is 3.56. The molecule has 1 aromatic carbocycles. The number of benzene rings is 1. The molecule has 0 amide bonds. The van der Waals surface area contributed by atoms with E-state index in [9.17, 15) is 4.79 Å². The predicted molar refractivity (Wildman–Crippen MR) is 69.9 cm³/mol. The summed E-state index contributed by atoms with van der Waals surface area (Å²) in [7, 11) is 3.07. The molecule has 0 bridgehead atoms. The van der Waals surface area contributed by atoms with Crippen molar-refractivity contribution in [2.75, 3.05) is 20.8 Å². The Balaban J connectivity index is 2.34. The van der Waals surface area contributed by atoms with Crippen molar-refractivity contribution in [2.24, 2.45) is 0 Å². The van der Waals surface area contributed by atoms with Crippen molar-refractivity contribution in [1.29, 1.82) is 0 Å². The van der Waals surface area contributed by atoms with Crippen LogP contribution in [0.3, 0.4) is 0 Å². The molecule has 2 rings (SSSR count). The van der Waals surface area contributed by atoms with Crippen LogP contribution in [0.15, 0.2) is 12.1 Å². The molecule has 1 aromatic rings. The highest BCUT2D eigenvalue weighted by Gasteiger charge is 2.26. The highest BCUT2D eigenvalue weighted by atomic mass is 35.5. The molecule has 1 unspecified atom stereocenters. The molecule has 0 saturated carbocycles. The number of halogens is 1. The number of carbonyl (C=O) groups is 1. The number of hydrogen-bond acceptors (Lipinski definition) is 4. The van der Waals surface area contributed by atoms with Crippen molar-refractivity contribution >= 4 is 17.4 Å². The van der Waals surface area contributed by atoms with Gasteiger partial charge in [-0.1, -0.05) is 11.6 Å². The molecule has 98 valence electrons. The first-order chi connectivity index (χ1) is 8.67. The van der Waals surface area contributed by atoms with E-state index in [0.717, 1.165) is 19.4 Å². The molecule has 1 fully saturated rings. The first-order valence-electron chi connectivity index (χ1n) is 5.86. The number of carbonyl (C=O) groups excluding carboxylic acids is 1. The van der Waals surface area contributed by atoms with Gasteiger partial charge in [0.25, 0.3) is 0 Å². The second kappa shape index (κ2) is 5.59. The Kier molecular flexibility index (Phi) is 4.09. The van der Waals surface area contributed by atoms with Crippen LogP contribution in [0.25, 0.3) is 0 Å². The van der Waals surface area contributed by atoms with E-state index in [1.807, 2.05) is 0 Å². The van der Waals surface area contributed by atoms with Crippen LogP contribution in [0.5, 0.6) is 11.5 Å². The van der Waals surface area contributed by atoms with Crippen LogP contribution in [0.2, 0.25) is 5.02 Å². The number of ketones is 1. The molecular formula is C13H16ClNO3.